The molecule has 0 aliphatic carbocycles. The predicted molar refractivity (Wildman–Crippen MR) is 62.3 cm³/mol. The first-order valence-electron chi connectivity index (χ1n) is 5.51. The monoisotopic (exact) mass is 233 g/mol. The number of hydrogen-bond acceptors (Lipinski definition) is 5. The molecular formula is C12H15N3O2. The van der Waals surface area contributed by atoms with Crippen LogP contribution < -0.4 is 5.32 Å². The van der Waals surface area contributed by atoms with E-state index in [1.165, 1.54) is 0 Å². The lowest BCUT2D eigenvalue weighted by Crippen LogP contribution is -2.26. The Morgan fingerprint density at radius 2 is 2.41 bits per heavy atom. The Bertz CT molecular complexity index is 422. The fraction of sp³-hybridized carbons (Fsp3) is 0.500. The van der Waals surface area contributed by atoms with Gasteiger partial charge in [-0.15, -0.1) is 0 Å². The topological polar surface area (TPSA) is 67.2 Å². The van der Waals surface area contributed by atoms with E-state index in [0.29, 0.717) is 18.8 Å². The maximum atomic E-state index is 8.62. The predicted octanol–water partition coefficient (Wildman–Crippen LogP) is 1.52. The highest BCUT2D eigenvalue weighted by Crippen LogP contribution is 2.22. The number of pyridine rings is 1. The van der Waals surface area contributed by atoms with Crippen LogP contribution in [0.15, 0.2) is 18.3 Å². The lowest BCUT2D eigenvalue weighted by atomic mass is 10.3. The van der Waals surface area contributed by atoms with Crippen LogP contribution in [-0.4, -0.2) is 30.0 Å². The highest BCUT2D eigenvalue weighted by molar-refractivity contribution is 5.42. The van der Waals surface area contributed by atoms with Crippen molar-refractivity contribution < 1.29 is 9.47 Å². The van der Waals surface area contributed by atoms with Crippen LogP contribution >= 0.6 is 0 Å². The molecule has 0 radical (unpaired) electrons. The molecule has 5 nitrogen and oxygen atoms in total. The first-order valence-corrected chi connectivity index (χ1v) is 5.51. The van der Waals surface area contributed by atoms with Crippen molar-refractivity contribution in [1.82, 2.24) is 4.98 Å². The van der Waals surface area contributed by atoms with Gasteiger partial charge in [-0.1, -0.05) is 0 Å². The normalized spacial score (nSPS) is 22.1. The Balaban J connectivity index is 1.84. The Labute approximate surface area is 100 Å². The zero-order valence-corrected chi connectivity index (χ0v) is 9.93. The molecule has 0 amide bonds. The van der Waals surface area contributed by atoms with Crippen molar-refractivity contribution in [2.75, 3.05) is 18.5 Å². The second-order valence-corrected chi connectivity index (χ2v) is 4.38. The van der Waals surface area contributed by atoms with Gasteiger partial charge >= 0.3 is 0 Å². The third-order valence-corrected chi connectivity index (χ3v) is 2.48. The van der Waals surface area contributed by atoms with Gasteiger partial charge in [0.1, 0.15) is 17.9 Å². The van der Waals surface area contributed by atoms with E-state index >= 15 is 0 Å². The van der Waals surface area contributed by atoms with Crippen LogP contribution in [0.1, 0.15) is 19.5 Å². The van der Waals surface area contributed by atoms with E-state index in [1.807, 2.05) is 26.0 Å². The number of ether oxygens (including phenoxy) is 2. The van der Waals surface area contributed by atoms with Gasteiger partial charge in [-0.05, 0) is 26.0 Å². The summed E-state index contributed by atoms with van der Waals surface area (Å²) in [6, 6.07) is 5.48. The van der Waals surface area contributed by atoms with Gasteiger partial charge in [0.25, 0.3) is 0 Å². The first-order chi connectivity index (χ1) is 8.09. The van der Waals surface area contributed by atoms with Gasteiger partial charge in [-0.3, -0.25) is 0 Å². The zero-order valence-electron chi connectivity index (χ0n) is 9.93. The van der Waals surface area contributed by atoms with Crippen molar-refractivity contribution >= 4 is 5.69 Å². The molecule has 1 aromatic heterocycles. The fourth-order valence-corrected chi connectivity index (χ4v) is 1.66. The molecule has 1 saturated heterocycles. The Morgan fingerprint density at radius 3 is 2.94 bits per heavy atom. The van der Waals surface area contributed by atoms with Gasteiger partial charge in [-0.25, -0.2) is 4.98 Å². The van der Waals surface area contributed by atoms with Gasteiger partial charge in [0.2, 0.25) is 0 Å². The fourth-order valence-electron chi connectivity index (χ4n) is 1.66. The van der Waals surface area contributed by atoms with Gasteiger partial charge < -0.3 is 14.8 Å². The van der Waals surface area contributed by atoms with Crippen LogP contribution in [0.4, 0.5) is 5.69 Å². The number of rotatable bonds is 3. The van der Waals surface area contributed by atoms with E-state index in [4.69, 9.17) is 14.7 Å². The number of anilines is 1. The molecule has 1 aliphatic rings. The molecule has 0 bridgehead atoms. The maximum absolute atomic E-state index is 8.62. The largest absolute Gasteiger partial charge is 0.381 e. The second-order valence-electron chi connectivity index (χ2n) is 4.38. The lowest BCUT2D eigenvalue weighted by Gasteiger charge is -2.17. The highest BCUT2D eigenvalue weighted by Gasteiger charge is 2.32. The number of nitrogens with one attached hydrogen (secondary N) is 1. The molecule has 17 heavy (non-hydrogen) atoms. The molecule has 0 aromatic carbocycles. The summed E-state index contributed by atoms with van der Waals surface area (Å²) in [5.41, 5.74) is 1.29. The number of nitriles is 1. The van der Waals surface area contributed by atoms with Crippen molar-refractivity contribution in [3.8, 4) is 6.07 Å². The molecule has 2 rings (SSSR count). The molecule has 90 valence electrons. The van der Waals surface area contributed by atoms with Crippen LogP contribution in [-0.2, 0) is 9.47 Å². The van der Waals surface area contributed by atoms with Crippen molar-refractivity contribution in [2.45, 2.75) is 25.7 Å². The van der Waals surface area contributed by atoms with Crippen molar-refractivity contribution in [2.24, 2.45) is 0 Å². The van der Waals surface area contributed by atoms with Crippen molar-refractivity contribution in [1.29, 1.82) is 5.26 Å². The quantitative estimate of drug-likeness (QED) is 0.857. The summed E-state index contributed by atoms with van der Waals surface area (Å²) in [5.74, 6) is -0.491. The summed E-state index contributed by atoms with van der Waals surface area (Å²) in [6.07, 6.45) is 1.68. The smallest absolute Gasteiger partial charge is 0.163 e. The van der Waals surface area contributed by atoms with Crippen LogP contribution in [0.2, 0.25) is 0 Å². The van der Waals surface area contributed by atoms with Crippen molar-refractivity contribution in [3.05, 3.63) is 24.0 Å². The third kappa shape index (κ3) is 3.16. The standard InChI is InChI=1S/C12H15N3O2/c1-12(2)16-8-11(17-12)7-15-10-4-3-9(5-13)14-6-10/h3-4,6,11,15H,7-8H2,1-2H3. The van der Waals surface area contributed by atoms with Crippen LogP contribution in [0.25, 0.3) is 0 Å². The van der Waals surface area contributed by atoms with E-state index in [1.54, 1.807) is 12.3 Å². The summed E-state index contributed by atoms with van der Waals surface area (Å²) in [7, 11) is 0. The summed E-state index contributed by atoms with van der Waals surface area (Å²) in [4.78, 5) is 3.98. The minimum Gasteiger partial charge on any atom is -0.381 e. The second kappa shape index (κ2) is 4.70. The number of hydrogen-bond donors (Lipinski definition) is 1. The minimum atomic E-state index is -0.491. The van der Waals surface area contributed by atoms with E-state index < -0.39 is 5.79 Å². The molecule has 1 aromatic rings. The molecule has 1 fully saturated rings. The number of aromatic nitrogens is 1. The van der Waals surface area contributed by atoms with E-state index in [2.05, 4.69) is 10.3 Å². The molecule has 0 saturated carbocycles. The minimum absolute atomic E-state index is 0.0423. The van der Waals surface area contributed by atoms with Crippen LogP contribution in [0.5, 0.6) is 0 Å². The zero-order chi connectivity index (χ0) is 12.3. The van der Waals surface area contributed by atoms with Crippen LogP contribution in [0.3, 0.4) is 0 Å². The average molecular weight is 233 g/mol. The Kier molecular flexibility index (Phi) is 3.27. The van der Waals surface area contributed by atoms with Crippen molar-refractivity contribution in [3.63, 3.8) is 0 Å². The summed E-state index contributed by atoms with van der Waals surface area (Å²) >= 11 is 0. The lowest BCUT2D eigenvalue weighted by molar-refractivity contribution is -0.136. The third-order valence-electron chi connectivity index (χ3n) is 2.48. The first kappa shape index (κ1) is 11.8. The summed E-state index contributed by atoms with van der Waals surface area (Å²) < 4.78 is 11.1. The molecule has 1 aliphatic heterocycles. The maximum Gasteiger partial charge on any atom is 0.163 e. The molecule has 2 heterocycles. The average Bonchev–Trinajstić information content (AvgIpc) is 2.67. The summed E-state index contributed by atoms with van der Waals surface area (Å²) in [6.45, 7) is 5.05. The van der Waals surface area contributed by atoms with Gasteiger partial charge in [-0.2, -0.15) is 5.26 Å². The number of nitrogens with zero attached hydrogens (tertiary/aromatic N) is 2. The SMILES string of the molecule is CC1(C)OCC(CNc2ccc(C#N)nc2)O1. The van der Waals surface area contributed by atoms with Crippen LogP contribution in [0, 0.1) is 11.3 Å². The molecule has 1 unspecified atom stereocenters. The van der Waals surface area contributed by atoms with E-state index in [9.17, 15) is 0 Å². The molecule has 0 spiro atoms. The Hall–Kier alpha value is -1.64. The molecule has 5 heteroatoms. The van der Waals surface area contributed by atoms with Gasteiger partial charge in [0.05, 0.1) is 18.5 Å². The van der Waals surface area contributed by atoms with E-state index in [0.717, 1.165) is 5.69 Å². The summed E-state index contributed by atoms with van der Waals surface area (Å²) in [5, 5.41) is 11.8. The molecule has 1 N–H and O–H groups in total. The molecule has 1 atom stereocenters. The Morgan fingerprint density at radius 1 is 1.59 bits per heavy atom. The van der Waals surface area contributed by atoms with Gasteiger partial charge in [0.15, 0.2) is 5.79 Å². The molecular weight excluding hydrogens is 218 g/mol. The van der Waals surface area contributed by atoms with E-state index in [-0.39, 0.29) is 6.10 Å². The van der Waals surface area contributed by atoms with Gasteiger partial charge in [0, 0.05) is 6.54 Å². The highest BCUT2D eigenvalue weighted by atomic mass is 16.7.